The molecule has 0 amide bonds. The van der Waals surface area contributed by atoms with Crippen LogP contribution in [0.15, 0.2) is 63.4 Å². The number of hydrogen-bond donors (Lipinski definition) is 1. The highest BCUT2D eigenvalue weighted by atomic mass is 19.1. The van der Waals surface area contributed by atoms with Crippen molar-refractivity contribution < 1.29 is 8.81 Å². The minimum atomic E-state index is -0.390. The average Bonchev–Trinajstić information content (AvgIpc) is 3.04. The minimum Gasteiger partial charge on any atom is -0.422 e. The summed E-state index contributed by atoms with van der Waals surface area (Å²) in [6.07, 6.45) is 4.64. The summed E-state index contributed by atoms with van der Waals surface area (Å²) in [6.45, 7) is 5.64. The summed E-state index contributed by atoms with van der Waals surface area (Å²) in [5, 5.41) is 4.21. The second kappa shape index (κ2) is 6.77. The molecule has 1 fully saturated rings. The molecule has 5 rings (SSSR count). The van der Waals surface area contributed by atoms with Gasteiger partial charge in [0.15, 0.2) is 0 Å². The molecule has 0 radical (unpaired) electrons. The highest BCUT2D eigenvalue weighted by Gasteiger charge is 2.34. The maximum absolute atomic E-state index is 13.8. The predicted molar refractivity (Wildman–Crippen MR) is 112 cm³/mol. The summed E-state index contributed by atoms with van der Waals surface area (Å²) in [5.41, 5.74) is 3.33. The van der Waals surface area contributed by atoms with Gasteiger partial charge in [-0.3, -0.25) is 0 Å². The van der Waals surface area contributed by atoms with Gasteiger partial charge in [0.1, 0.15) is 17.6 Å². The Morgan fingerprint density at radius 3 is 2.76 bits per heavy atom. The fourth-order valence-corrected chi connectivity index (χ4v) is 4.41. The van der Waals surface area contributed by atoms with Crippen LogP contribution in [0.25, 0.3) is 16.7 Å². The molecule has 0 saturated carbocycles. The lowest BCUT2D eigenvalue weighted by Gasteiger charge is -2.32. The van der Waals surface area contributed by atoms with Crippen molar-refractivity contribution in [3.05, 3.63) is 70.1 Å². The van der Waals surface area contributed by atoms with Crippen molar-refractivity contribution >= 4 is 22.4 Å². The first kappa shape index (κ1) is 18.0. The van der Waals surface area contributed by atoms with Gasteiger partial charge in [-0.15, -0.1) is 0 Å². The van der Waals surface area contributed by atoms with Crippen LogP contribution in [0.2, 0.25) is 0 Å². The van der Waals surface area contributed by atoms with Crippen molar-refractivity contribution in [2.75, 3.05) is 38.1 Å². The van der Waals surface area contributed by atoms with Crippen molar-refractivity contribution in [2.45, 2.75) is 13.1 Å². The van der Waals surface area contributed by atoms with Crippen LogP contribution in [-0.4, -0.2) is 49.2 Å². The zero-order chi connectivity index (χ0) is 20.1. The molecule has 3 aliphatic heterocycles. The van der Waals surface area contributed by atoms with Gasteiger partial charge in [-0.05, 0) is 36.8 Å². The molecule has 2 aromatic rings. The Kier molecular flexibility index (Phi) is 4.20. The Morgan fingerprint density at radius 2 is 1.97 bits per heavy atom. The van der Waals surface area contributed by atoms with E-state index in [0.29, 0.717) is 11.1 Å². The van der Waals surface area contributed by atoms with E-state index in [1.54, 1.807) is 11.1 Å². The number of nitrogens with one attached hydrogen (secondary N) is 1. The fraction of sp³-hybridized carbons (Fsp3) is 0.318. The second-order valence-electron chi connectivity index (χ2n) is 7.76. The van der Waals surface area contributed by atoms with Crippen LogP contribution in [0.1, 0.15) is 12.5 Å². The number of halogens is 1. The van der Waals surface area contributed by atoms with Crippen molar-refractivity contribution in [3.8, 4) is 0 Å². The van der Waals surface area contributed by atoms with Crippen LogP contribution in [0.5, 0.6) is 0 Å². The van der Waals surface area contributed by atoms with Gasteiger partial charge in [-0.1, -0.05) is 0 Å². The van der Waals surface area contributed by atoms with Gasteiger partial charge in [-0.25, -0.2) is 9.18 Å². The summed E-state index contributed by atoms with van der Waals surface area (Å²) in [6, 6.07) is 7.86. The van der Waals surface area contributed by atoms with E-state index in [-0.39, 0.29) is 17.6 Å². The van der Waals surface area contributed by atoms with Gasteiger partial charge in [-0.2, -0.15) is 0 Å². The summed E-state index contributed by atoms with van der Waals surface area (Å²) in [7, 11) is 1.90. The lowest BCUT2D eigenvalue weighted by molar-refractivity contribution is 0.262. The van der Waals surface area contributed by atoms with Crippen LogP contribution >= 0.6 is 0 Å². The van der Waals surface area contributed by atoms with Crippen molar-refractivity contribution in [3.63, 3.8) is 0 Å². The summed E-state index contributed by atoms with van der Waals surface area (Å²) >= 11 is 0. The summed E-state index contributed by atoms with van der Waals surface area (Å²) in [4.78, 5) is 18.9. The number of nitrogens with zero attached hydrogens (tertiary/aromatic N) is 3. The van der Waals surface area contributed by atoms with E-state index in [2.05, 4.69) is 16.3 Å². The number of benzene rings is 1. The lowest BCUT2D eigenvalue weighted by Crippen LogP contribution is -2.43. The van der Waals surface area contributed by atoms with Gasteiger partial charge >= 0.3 is 5.63 Å². The molecule has 1 aromatic carbocycles. The first-order chi connectivity index (χ1) is 14.0. The first-order valence-electron chi connectivity index (χ1n) is 9.83. The SMILES string of the molecule is CC1=CC(F)=CN2C=C(c3cc4ccc(N5CCNCC5)cc4oc3=O)N(C)C12. The molecule has 1 saturated heterocycles. The van der Waals surface area contributed by atoms with Gasteiger partial charge in [0.05, 0.1) is 11.3 Å². The number of rotatable bonds is 2. The number of likely N-dealkylation sites (N-methyl/N-ethyl adjacent to an activating group) is 1. The molecule has 1 unspecified atom stereocenters. The smallest absolute Gasteiger partial charge is 0.345 e. The highest BCUT2D eigenvalue weighted by molar-refractivity contribution is 5.84. The number of anilines is 1. The van der Waals surface area contributed by atoms with E-state index < -0.39 is 0 Å². The standard InChI is InChI=1S/C22H23FN4O2/c1-14-9-16(23)12-27-13-19(25(2)21(14)27)18-10-15-3-4-17(11-20(15)29-22(18)28)26-7-5-24-6-8-26/h3-4,9-13,21,24H,5-8H2,1-2H3. The molecule has 29 heavy (non-hydrogen) atoms. The minimum absolute atomic E-state index is 0.130. The Hall–Kier alpha value is -3.06. The first-order valence-corrected chi connectivity index (χ1v) is 9.83. The van der Waals surface area contributed by atoms with Crippen LogP contribution in [0, 0.1) is 0 Å². The normalized spacial score (nSPS) is 21.8. The molecule has 1 aromatic heterocycles. The quantitative estimate of drug-likeness (QED) is 0.791. The molecule has 3 aliphatic rings. The van der Waals surface area contributed by atoms with Crippen molar-refractivity contribution in [1.29, 1.82) is 0 Å². The zero-order valence-corrected chi connectivity index (χ0v) is 16.5. The van der Waals surface area contributed by atoms with E-state index in [9.17, 15) is 9.18 Å². The van der Waals surface area contributed by atoms with E-state index in [4.69, 9.17) is 4.42 Å². The molecule has 0 aliphatic carbocycles. The van der Waals surface area contributed by atoms with E-state index in [1.807, 2.05) is 37.1 Å². The predicted octanol–water partition coefficient (Wildman–Crippen LogP) is 2.85. The maximum atomic E-state index is 13.8. The molecule has 6 nitrogen and oxygen atoms in total. The van der Waals surface area contributed by atoms with Crippen LogP contribution < -0.4 is 15.8 Å². The lowest BCUT2D eigenvalue weighted by atomic mass is 10.1. The third-order valence-corrected chi connectivity index (χ3v) is 5.82. The Bertz CT molecular complexity index is 1130. The Balaban J connectivity index is 1.53. The topological polar surface area (TPSA) is 52.0 Å². The molecule has 7 heteroatoms. The van der Waals surface area contributed by atoms with E-state index in [1.165, 1.54) is 12.3 Å². The van der Waals surface area contributed by atoms with Gasteiger partial charge in [0.25, 0.3) is 0 Å². The van der Waals surface area contributed by atoms with Crippen molar-refractivity contribution in [1.82, 2.24) is 15.1 Å². The van der Waals surface area contributed by atoms with Crippen LogP contribution in [0.3, 0.4) is 0 Å². The molecule has 0 bridgehead atoms. The maximum Gasteiger partial charge on any atom is 0.345 e. The molecule has 4 heterocycles. The summed E-state index contributed by atoms with van der Waals surface area (Å²) in [5.74, 6) is -0.296. The molecular weight excluding hydrogens is 371 g/mol. The monoisotopic (exact) mass is 394 g/mol. The number of allylic oxidation sites excluding steroid dienone is 2. The largest absolute Gasteiger partial charge is 0.422 e. The molecule has 1 N–H and O–H groups in total. The molecule has 150 valence electrons. The number of piperazine rings is 1. The summed E-state index contributed by atoms with van der Waals surface area (Å²) < 4.78 is 19.5. The van der Waals surface area contributed by atoms with Crippen LogP contribution in [0.4, 0.5) is 10.1 Å². The highest BCUT2D eigenvalue weighted by Crippen LogP contribution is 2.35. The Labute approximate surface area is 168 Å². The van der Waals surface area contributed by atoms with Crippen LogP contribution in [-0.2, 0) is 0 Å². The number of fused-ring (bicyclic) bond motifs is 2. The second-order valence-corrected chi connectivity index (χ2v) is 7.76. The Morgan fingerprint density at radius 1 is 1.17 bits per heavy atom. The van der Waals surface area contributed by atoms with E-state index in [0.717, 1.165) is 48.5 Å². The van der Waals surface area contributed by atoms with Gasteiger partial charge < -0.3 is 24.4 Å². The number of hydrogen-bond acceptors (Lipinski definition) is 6. The molecule has 0 spiro atoms. The molecular formula is C22H23FN4O2. The van der Waals surface area contributed by atoms with Gasteiger partial charge in [0, 0.05) is 62.8 Å². The molecule has 1 atom stereocenters. The van der Waals surface area contributed by atoms with Crippen molar-refractivity contribution in [2.24, 2.45) is 0 Å². The van der Waals surface area contributed by atoms with Gasteiger partial charge in [0.2, 0.25) is 0 Å². The third kappa shape index (κ3) is 3.02. The zero-order valence-electron chi connectivity index (χ0n) is 16.5. The fourth-order valence-electron chi connectivity index (χ4n) is 4.41. The average molecular weight is 394 g/mol. The van der Waals surface area contributed by atoms with E-state index >= 15 is 0 Å². The third-order valence-electron chi connectivity index (χ3n) is 5.82.